The van der Waals surface area contributed by atoms with Gasteiger partial charge in [-0.2, -0.15) is 0 Å². The summed E-state index contributed by atoms with van der Waals surface area (Å²) < 4.78 is 10.8. The summed E-state index contributed by atoms with van der Waals surface area (Å²) in [6.07, 6.45) is 1.03. The zero-order valence-electron chi connectivity index (χ0n) is 10.6. The number of amides is 1. The Balaban J connectivity index is 1.86. The lowest BCUT2D eigenvalue weighted by Gasteiger charge is -2.22. The number of likely N-dealkylation sites (N-methyl/N-ethyl adjacent to an activating group) is 1. The van der Waals surface area contributed by atoms with E-state index in [0.29, 0.717) is 13.2 Å². The summed E-state index contributed by atoms with van der Waals surface area (Å²) in [7, 11) is 0. The van der Waals surface area contributed by atoms with Gasteiger partial charge in [-0.25, -0.2) is 0 Å². The highest BCUT2D eigenvalue weighted by Crippen LogP contribution is 2.17. The van der Waals surface area contributed by atoms with Gasteiger partial charge in [-0.15, -0.1) is 0 Å². The largest absolute Gasteiger partial charge is 0.379 e. The van der Waals surface area contributed by atoms with Crippen LogP contribution in [0, 0.1) is 5.92 Å². The molecule has 17 heavy (non-hydrogen) atoms. The molecule has 4 unspecified atom stereocenters. The number of carbonyl (C=O) groups is 1. The molecule has 2 saturated heterocycles. The van der Waals surface area contributed by atoms with Crippen LogP contribution in [0.5, 0.6) is 0 Å². The fourth-order valence-corrected chi connectivity index (χ4v) is 2.49. The molecule has 4 atom stereocenters. The molecule has 0 spiro atoms. The van der Waals surface area contributed by atoms with Crippen LogP contribution in [0.25, 0.3) is 0 Å². The third kappa shape index (κ3) is 2.97. The Hall–Kier alpha value is -0.650. The van der Waals surface area contributed by atoms with Crippen molar-refractivity contribution in [1.82, 2.24) is 10.6 Å². The van der Waals surface area contributed by atoms with Crippen molar-refractivity contribution in [3.63, 3.8) is 0 Å². The molecular formula is C12H22N2O3. The van der Waals surface area contributed by atoms with E-state index in [1.807, 2.05) is 13.8 Å². The molecule has 0 bridgehead atoms. The summed E-state index contributed by atoms with van der Waals surface area (Å²) in [4.78, 5) is 12.1. The lowest BCUT2D eigenvalue weighted by molar-refractivity contribution is -0.126. The molecule has 1 amide bonds. The second kappa shape index (κ2) is 5.80. The van der Waals surface area contributed by atoms with Gasteiger partial charge in [-0.1, -0.05) is 6.92 Å². The van der Waals surface area contributed by atoms with Crippen LogP contribution in [0.4, 0.5) is 0 Å². The summed E-state index contributed by atoms with van der Waals surface area (Å²) in [6.45, 7) is 6.80. The van der Waals surface area contributed by atoms with Crippen LogP contribution in [0.15, 0.2) is 0 Å². The van der Waals surface area contributed by atoms with Crippen molar-refractivity contribution in [2.75, 3.05) is 26.4 Å². The molecule has 2 heterocycles. The number of nitrogens with one attached hydrogen (secondary N) is 2. The molecule has 0 aromatic carbocycles. The number of rotatable bonds is 4. The van der Waals surface area contributed by atoms with Gasteiger partial charge in [0.25, 0.3) is 0 Å². The zero-order valence-corrected chi connectivity index (χ0v) is 10.6. The van der Waals surface area contributed by atoms with Gasteiger partial charge in [-0.05, 0) is 19.9 Å². The van der Waals surface area contributed by atoms with Crippen LogP contribution in [-0.2, 0) is 14.3 Å². The molecule has 0 saturated carbocycles. The number of carbonyl (C=O) groups excluding carboxylic acids is 1. The zero-order chi connectivity index (χ0) is 12.3. The Labute approximate surface area is 102 Å². The smallest absolute Gasteiger partial charge is 0.227 e. The third-order valence-electron chi connectivity index (χ3n) is 3.59. The fraction of sp³-hybridized carbons (Fsp3) is 0.917. The van der Waals surface area contributed by atoms with Crippen molar-refractivity contribution in [2.24, 2.45) is 5.92 Å². The molecule has 2 N–H and O–H groups in total. The normalized spacial score (nSPS) is 37.3. The van der Waals surface area contributed by atoms with Gasteiger partial charge < -0.3 is 20.1 Å². The van der Waals surface area contributed by atoms with E-state index in [1.165, 1.54) is 0 Å². The SMILES string of the molecule is CCNC1COCC1C(=O)NC1CCOC1C. The minimum absolute atomic E-state index is 0.0669. The molecule has 5 heteroatoms. The number of ether oxygens (including phenoxy) is 2. The second-order valence-electron chi connectivity index (χ2n) is 4.79. The first kappa shape index (κ1) is 12.8. The summed E-state index contributed by atoms with van der Waals surface area (Å²) in [5, 5.41) is 6.37. The predicted octanol–water partition coefficient (Wildman–Crippen LogP) is -0.0955. The van der Waals surface area contributed by atoms with Crippen molar-refractivity contribution in [3.05, 3.63) is 0 Å². The molecule has 0 aromatic heterocycles. The standard InChI is InChI=1S/C12H22N2O3/c1-3-13-11-7-16-6-9(11)12(15)14-10-4-5-17-8(10)2/h8-11,13H,3-7H2,1-2H3,(H,14,15). The first-order valence-corrected chi connectivity index (χ1v) is 6.45. The minimum atomic E-state index is -0.0669. The molecule has 5 nitrogen and oxygen atoms in total. The van der Waals surface area contributed by atoms with E-state index in [1.54, 1.807) is 0 Å². The highest BCUT2D eigenvalue weighted by atomic mass is 16.5. The van der Waals surface area contributed by atoms with Gasteiger partial charge in [0.15, 0.2) is 0 Å². The van der Waals surface area contributed by atoms with E-state index < -0.39 is 0 Å². The van der Waals surface area contributed by atoms with Crippen LogP contribution in [0.1, 0.15) is 20.3 Å². The summed E-state index contributed by atoms with van der Waals surface area (Å²) in [5.41, 5.74) is 0. The molecule has 2 aliphatic rings. The van der Waals surface area contributed by atoms with Crippen LogP contribution in [-0.4, -0.2) is 50.5 Å². The highest BCUT2D eigenvalue weighted by molar-refractivity contribution is 5.80. The van der Waals surface area contributed by atoms with Crippen molar-refractivity contribution in [3.8, 4) is 0 Å². The van der Waals surface area contributed by atoms with Crippen molar-refractivity contribution >= 4 is 5.91 Å². The molecular weight excluding hydrogens is 220 g/mol. The average molecular weight is 242 g/mol. The van der Waals surface area contributed by atoms with Crippen LogP contribution in [0.3, 0.4) is 0 Å². The van der Waals surface area contributed by atoms with Gasteiger partial charge in [0, 0.05) is 12.6 Å². The highest BCUT2D eigenvalue weighted by Gasteiger charge is 2.36. The third-order valence-corrected chi connectivity index (χ3v) is 3.59. The Bertz CT molecular complexity index is 272. The van der Waals surface area contributed by atoms with Gasteiger partial charge >= 0.3 is 0 Å². The van der Waals surface area contributed by atoms with E-state index in [0.717, 1.165) is 19.6 Å². The molecule has 98 valence electrons. The summed E-state index contributed by atoms with van der Waals surface area (Å²) in [6, 6.07) is 0.308. The van der Waals surface area contributed by atoms with E-state index in [9.17, 15) is 4.79 Å². The Morgan fingerprint density at radius 3 is 2.82 bits per heavy atom. The second-order valence-corrected chi connectivity index (χ2v) is 4.79. The van der Waals surface area contributed by atoms with E-state index >= 15 is 0 Å². The van der Waals surface area contributed by atoms with Gasteiger partial charge in [-0.3, -0.25) is 4.79 Å². The topological polar surface area (TPSA) is 59.6 Å². The molecule has 0 aliphatic carbocycles. The maximum absolute atomic E-state index is 12.1. The molecule has 2 rings (SSSR count). The van der Waals surface area contributed by atoms with Crippen molar-refractivity contribution in [2.45, 2.75) is 38.5 Å². The van der Waals surface area contributed by atoms with Gasteiger partial charge in [0.2, 0.25) is 5.91 Å². The maximum Gasteiger partial charge on any atom is 0.227 e. The van der Waals surface area contributed by atoms with E-state index in [2.05, 4.69) is 10.6 Å². The van der Waals surface area contributed by atoms with Crippen molar-refractivity contribution in [1.29, 1.82) is 0 Å². The first-order chi connectivity index (χ1) is 8.22. The van der Waals surface area contributed by atoms with Crippen LogP contribution >= 0.6 is 0 Å². The average Bonchev–Trinajstić information content (AvgIpc) is 2.89. The van der Waals surface area contributed by atoms with Crippen LogP contribution < -0.4 is 10.6 Å². The maximum atomic E-state index is 12.1. The number of hydrogen-bond donors (Lipinski definition) is 2. The molecule has 0 aromatic rings. The molecule has 0 radical (unpaired) electrons. The Morgan fingerprint density at radius 2 is 2.18 bits per heavy atom. The van der Waals surface area contributed by atoms with Crippen molar-refractivity contribution < 1.29 is 14.3 Å². The first-order valence-electron chi connectivity index (χ1n) is 6.45. The lowest BCUT2D eigenvalue weighted by Crippen LogP contribution is -2.48. The van der Waals surface area contributed by atoms with Gasteiger partial charge in [0.1, 0.15) is 0 Å². The number of hydrogen-bond acceptors (Lipinski definition) is 4. The molecule has 2 aliphatic heterocycles. The van der Waals surface area contributed by atoms with E-state index in [4.69, 9.17) is 9.47 Å². The van der Waals surface area contributed by atoms with Crippen LogP contribution in [0.2, 0.25) is 0 Å². The van der Waals surface area contributed by atoms with E-state index in [-0.39, 0.29) is 30.0 Å². The predicted molar refractivity (Wildman–Crippen MR) is 63.7 cm³/mol. The quantitative estimate of drug-likeness (QED) is 0.723. The monoisotopic (exact) mass is 242 g/mol. The Morgan fingerprint density at radius 1 is 1.35 bits per heavy atom. The Kier molecular flexibility index (Phi) is 4.36. The lowest BCUT2D eigenvalue weighted by atomic mass is 10.0. The van der Waals surface area contributed by atoms with Gasteiger partial charge in [0.05, 0.1) is 31.3 Å². The molecule has 2 fully saturated rings. The minimum Gasteiger partial charge on any atom is -0.379 e. The fourth-order valence-electron chi connectivity index (χ4n) is 2.49. The summed E-state index contributed by atoms with van der Waals surface area (Å²) >= 11 is 0. The summed E-state index contributed by atoms with van der Waals surface area (Å²) in [5.74, 6) is 0.0264.